The number of rotatable bonds is 7. The molecule has 21 heavy (non-hydrogen) atoms. The second-order valence-corrected chi connectivity index (χ2v) is 6.88. The first kappa shape index (κ1) is 16.6. The molecular formula is C18H33N3. The fraction of sp³-hybridized carbons (Fsp3) is 0.778. The molecule has 2 rings (SSSR count). The minimum atomic E-state index is 0.480. The van der Waals surface area contributed by atoms with E-state index in [1.165, 1.54) is 37.8 Å². The topological polar surface area (TPSA) is 20.2 Å². The summed E-state index contributed by atoms with van der Waals surface area (Å²) in [5.74, 6) is 0.630. The van der Waals surface area contributed by atoms with E-state index in [1.807, 2.05) is 0 Å². The predicted molar refractivity (Wildman–Crippen MR) is 90.6 cm³/mol. The van der Waals surface area contributed by atoms with E-state index < -0.39 is 0 Å². The van der Waals surface area contributed by atoms with Crippen molar-refractivity contribution in [2.45, 2.75) is 65.1 Å². The Morgan fingerprint density at radius 3 is 2.81 bits per heavy atom. The van der Waals surface area contributed by atoms with Gasteiger partial charge < -0.3 is 14.8 Å². The van der Waals surface area contributed by atoms with Crippen molar-refractivity contribution in [1.82, 2.24) is 14.8 Å². The summed E-state index contributed by atoms with van der Waals surface area (Å²) in [6.07, 6.45) is 10.0. The van der Waals surface area contributed by atoms with E-state index in [0.29, 0.717) is 12.0 Å². The van der Waals surface area contributed by atoms with Gasteiger partial charge in [-0.1, -0.05) is 27.2 Å². The van der Waals surface area contributed by atoms with Crippen molar-refractivity contribution >= 4 is 0 Å². The lowest BCUT2D eigenvalue weighted by Gasteiger charge is -2.32. The molecule has 1 aromatic rings. The molecule has 0 bridgehead atoms. The van der Waals surface area contributed by atoms with Crippen LogP contribution >= 0.6 is 0 Å². The second kappa shape index (κ2) is 8.00. The summed E-state index contributed by atoms with van der Waals surface area (Å²) in [7, 11) is 2.28. The van der Waals surface area contributed by atoms with Crippen molar-refractivity contribution in [2.24, 2.45) is 5.92 Å². The van der Waals surface area contributed by atoms with Gasteiger partial charge in [0.15, 0.2) is 0 Å². The van der Waals surface area contributed by atoms with Crippen molar-refractivity contribution in [3.63, 3.8) is 0 Å². The Labute approximate surface area is 130 Å². The molecule has 0 amide bonds. The molecule has 1 saturated heterocycles. The van der Waals surface area contributed by atoms with Gasteiger partial charge in [-0.2, -0.15) is 0 Å². The molecule has 1 N–H and O–H groups in total. The number of aryl methyl sites for hydroxylation is 1. The van der Waals surface area contributed by atoms with E-state index in [1.54, 1.807) is 0 Å². The van der Waals surface area contributed by atoms with Gasteiger partial charge >= 0.3 is 0 Å². The lowest BCUT2D eigenvalue weighted by Crippen LogP contribution is -2.36. The molecule has 0 saturated carbocycles. The molecule has 2 unspecified atom stereocenters. The van der Waals surface area contributed by atoms with Crippen LogP contribution in [0, 0.1) is 5.92 Å². The largest absolute Gasteiger partial charge is 0.354 e. The van der Waals surface area contributed by atoms with Gasteiger partial charge in [0.05, 0.1) is 0 Å². The summed E-state index contributed by atoms with van der Waals surface area (Å²) < 4.78 is 2.38. The molecular weight excluding hydrogens is 258 g/mol. The first-order chi connectivity index (χ1) is 10.1. The van der Waals surface area contributed by atoms with E-state index in [-0.39, 0.29) is 0 Å². The Morgan fingerprint density at radius 1 is 1.33 bits per heavy atom. The highest BCUT2D eigenvalue weighted by Crippen LogP contribution is 2.23. The standard InChI is InChI=1S/C18H33N3/c1-5-19-18(15(2)3)16-9-12-21(14-16)13-10-17-8-6-7-11-20(17)4/h9,12,14-15,17-19H,5-8,10-11,13H2,1-4H3. The molecule has 2 atom stereocenters. The summed E-state index contributed by atoms with van der Waals surface area (Å²) in [6, 6.07) is 3.55. The van der Waals surface area contributed by atoms with Crippen LogP contribution in [0.4, 0.5) is 0 Å². The maximum atomic E-state index is 3.60. The van der Waals surface area contributed by atoms with Crippen LogP contribution in [0.5, 0.6) is 0 Å². The first-order valence-corrected chi connectivity index (χ1v) is 8.71. The number of piperidine rings is 1. The van der Waals surface area contributed by atoms with Gasteiger partial charge in [0.1, 0.15) is 0 Å². The van der Waals surface area contributed by atoms with E-state index in [2.05, 4.69) is 61.1 Å². The van der Waals surface area contributed by atoms with Crippen molar-refractivity contribution in [1.29, 1.82) is 0 Å². The number of aromatic nitrogens is 1. The third-order valence-corrected chi connectivity index (χ3v) is 4.87. The average Bonchev–Trinajstić information content (AvgIpc) is 2.92. The van der Waals surface area contributed by atoms with Gasteiger partial charge in [-0.15, -0.1) is 0 Å². The highest BCUT2D eigenvalue weighted by atomic mass is 15.1. The summed E-state index contributed by atoms with van der Waals surface area (Å²) in [6.45, 7) is 10.2. The van der Waals surface area contributed by atoms with E-state index in [9.17, 15) is 0 Å². The Kier molecular flexibility index (Phi) is 6.31. The predicted octanol–water partition coefficient (Wildman–Crippen LogP) is 3.67. The maximum absolute atomic E-state index is 3.60. The quantitative estimate of drug-likeness (QED) is 0.827. The van der Waals surface area contributed by atoms with Gasteiger partial charge in [-0.05, 0) is 56.9 Å². The average molecular weight is 291 g/mol. The van der Waals surface area contributed by atoms with Crippen LogP contribution < -0.4 is 5.32 Å². The molecule has 3 nitrogen and oxygen atoms in total. The Bertz CT molecular complexity index is 410. The third kappa shape index (κ3) is 4.58. The zero-order chi connectivity index (χ0) is 15.2. The minimum absolute atomic E-state index is 0.480. The van der Waals surface area contributed by atoms with Crippen LogP contribution in [0.25, 0.3) is 0 Å². The monoisotopic (exact) mass is 291 g/mol. The molecule has 0 spiro atoms. The van der Waals surface area contributed by atoms with E-state index in [0.717, 1.165) is 19.1 Å². The maximum Gasteiger partial charge on any atom is 0.0358 e. The molecule has 3 heteroatoms. The third-order valence-electron chi connectivity index (χ3n) is 4.87. The Hall–Kier alpha value is -0.800. The lowest BCUT2D eigenvalue weighted by molar-refractivity contribution is 0.171. The number of hydrogen-bond acceptors (Lipinski definition) is 2. The lowest BCUT2D eigenvalue weighted by atomic mass is 9.98. The van der Waals surface area contributed by atoms with Crippen molar-refractivity contribution < 1.29 is 0 Å². The van der Waals surface area contributed by atoms with E-state index >= 15 is 0 Å². The van der Waals surface area contributed by atoms with Crippen LogP contribution in [-0.4, -0.2) is 35.6 Å². The number of nitrogens with zero attached hydrogens (tertiary/aromatic N) is 2. The smallest absolute Gasteiger partial charge is 0.0358 e. The molecule has 120 valence electrons. The minimum Gasteiger partial charge on any atom is -0.354 e. The molecule has 0 aliphatic carbocycles. The SMILES string of the molecule is CCNC(c1ccn(CCC2CCCCN2C)c1)C(C)C. The Balaban J connectivity index is 1.90. The van der Waals surface area contributed by atoms with Gasteiger partial charge in [0, 0.05) is 31.0 Å². The summed E-state index contributed by atoms with van der Waals surface area (Å²) in [4.78, 5) is 2.55. The summed E-state index contributed by atoms with van der Waals surface area (Å²) in [5.41, 5.74) is 1.43. The van der Waals surface area contributed by atoms with Crippen molar-refractivity contribution in [3.05, 3.63) is 24.0 Å². The van der Waals surface area contributed by atoms with Gasteiger partial charge in [0.25, 0.3) is 0 Å². The molecule has 0 aromatic carbocycles. The van der Waals surface area contributed by atoms with Crippen LogP contribution in [0.15, 0.2) is 18.5 Å². The Morgan fingerprint density at radius 2 is 2.14 bits per heavy atom. The fourth-order valence-electron chi connectivity index (χ4n) is 3.55. The zero-order valence-electron chi connectivity index (χ0n) is 14.3. The van der Waals surface area contributed by atoms with Crippen molar-refractivity contribution in [2.75, 3.05) is 20.1 Å². The second-order valence-electron chi connectivity index (χ2n) is 6.88. The van der Waals surface area contributed by atoms with Crippen LogP contribution in [0.3, 0.4) is 0 Å². The number of hydrogen-bond donors (Lipinski definition) is 1. The fourth-order valence-corrected chi connectivity index (χ4v) is 3.55. The van der Waals surface area contributed by atoms with Crippen LogP contribution in [-0.2, 0) is 6.54 Å². The highest BCUT2D eigenvalue weighted by molar-refractivity contribution is 5.16. The number of likely N-dealkylation sites (tertiary alicyclic amines) is 1. The highest BCUT2D eigenvalue weighted by Gasteiger charge is 2.19. The normalized spacial score (nSPS) is 21.9. The molecule has 1 aromatic heterocycles. The molecule has 1 fully saturated rings. The van der Waals surface area contributed by atoms with E-state index in [4.69, 9.17) is 0 Å². The number of nitrogens with one attached hydrogen (secondary N) is 1. The summed E-state index contributed by atoms with van der Waals surface area (Å²) >= 11 is 0. The van der Waals surface area contributed by atoms with Crippen LogP contribution in [0.2, 0.25) is 0 Å². The zero-order valence-corrected chi connectivity index (χ0v) is 14.3. The molecule has 1 aliphatic heterocycles. The molecule has 2 heterocycles. The van der Waals surface area contributed by atoms with Crippen molar-refractivity contribution in [3.8, 4) is 0 Å². The molecule has 0 radical (unpaired) electrons. The summed E-state index contributed by atoms with van der Waals surface area (Å²) in [5, 5.41) is 3.60. The van der Waals surface area contributed by atoms with Gasteiger partial charge in [-0.25, -0.2) is 0 Å². The van der Waals surface area contributed by atoms with Crippen LogP contribution in [0.1, 0.15) is 58.1 Å². The van der Waals surface area contributed by atoms with Gasteiger partial charge in [0.2, 0.25) is 0 Å². The first-order valence-electron chi connectivity index (χ1n) is 8.71. The van der Waals surface area contributed by atoms with Gasteiger partial charge in [-0.3, -0.25) is 0 Å². The molecule has 1 aliphatic rings.